The van der Waals surface area contributed by atoms with Gasteiger partial charge in [0.25, 0.3) is 0 Å². The molecule has 2 heterocycles. The predicted molar refractivity (Wildman–Crippen MR) is 118 cm³/mol. The van der Waals surface area contributed by atoms with Crippen molar-refractivity contribution in [2.45, 2.75) is 12.7 Å². The van der Waals surface area contributed by atoms with Crippen LogP contribution in [0.3, 0.4) is 0 Å². The third-order valence-electron chi connectivity index (χ3n) is 5.60. The molecule has 33 heavy (non-hydrogen) atoms. The molecule has 3 aromatic carbocycles. The molecule has 1 aliphatic rings. The van der Waals surface area contributed by atoms with Crippen molar-refractivity contribution in [3.63, 3.8) is 0 Å². The zero-order valence-electron chi connectivity index (χ0n) is 17.5. The molecule has 1 aromatic heterocycles. The highest BCUT2D eigenvalue weighted by Crippen LogP contribution is 2.36. The fourth-order valence-electron chi connectivity index (χ4n) is 3.92. The van der Waals surface area contributed by atoms with Gasteiger partial charge in [0.2, 0.25) is 0 Å². The van der Waals surface area contributed by atoms with Gasteiger partial charge in [-0.05, 0) is 54.6 Å². The Labute approximate surface area is 186 Å². The molecule has 0 saturated carbocycles. The summed E-state index contributed by atoms with van der Waals surface area (Å²) >= 11 is 0. The van der Waals surface area contributed by atoms with Crippen molar-refractivity contribution in [3.8, 4) is 22.8 Å². The van der Waals surface area contributed by atoms with Crippen LogP contribution in [-0.4, -0.2) is 13.8 Å². The second kappa shape index (κ2) is 7.88. The number of hydrogen-bond acceptors (Lipinski definition) is 5. The number of benzene rings is 3. The van der Waals surface area contributed by atoms with Crippen LogP contribution in [0.4, 0.5) is 18.9 Å². The number of methoxy groups -OCH3 is 1. The van der Waals surface area contributed by atoms with E-state index in [1.54, 1.807) is 54.5 Å². The first-order valence-electron chi connectivity index (χ1n) is 10.1. The van der Waals surface area contributed by atoms with Gasteiger partial charge in [-0.2, -0.15) is 13.2 Å². The van der Waals surface area contributed by atoms with Crippen molar-refractivity contribution in [1.82, 2.24) is 0 Å². The minimum absolute atomic E-state index is 0.0646. The molecule has 0 amide bonds. The largest absolute Gasteiger partial charge is 0.497 e. The van der Waals surface area contributed by atoms with Gasteiger partial charge >= 0.3 is 6.18 Å². The Balaban J connectivity index is 1.54. The van der Waals surface area contributed by atoms with Crippen LogP contribution in [0, 0.1) is 0 Å². The Kier molecular flexibility index (Phi) is 5.00. The van der Waals surface area contributed by atoms with Crippen molar-refractivity contribution >= 4 is 16.7 Å². The maximum Gasteiger partial charge on any atom is 0.416 e. The van der Waals surface area contributed by atoms with Gasteiger partial charge in [0.1, 0.15) is 22.8 Å². The lowest BCUT2D eigenvalue weighted by Gasteiger charge is -2.31. The summed E-state index contributed by atoms with van der Waals surface area (Å²) in [5.74, 6) is 1.60. The third kappa shape index (κ3) is 3.88. The standard InChI is InChI=1S/C25H18F3NO4/c1-31-18-7-5-15(6-8-18)23-12-20(30)24-19-13-29(14-32-21(19)9-10-22(24)33-23)17-4-2-3-16(11-17)25(26,27)28/h2-12H,13-14H2,1H3. The van der Waals surface area contributed by atoms with Crippen LogP contribution in [0.25, 0.3) is 22.3 Å². The lowest BCUT2D eigenvalue weighted by Crippen LogP contribution is -2.32. The van der Waals surface area contributed by atoms with Gasteiger partial charge in [0.15, 0.2) is 12.2 Å². The molecule has 0 radical (unpaired) electrons. The third-order valence-corrected chi connectivity index (χ3v) is 5.60. The Hall–Kier alpha value is -3.94. The summed E-state index contributed by atoms with van der Waals surface area (Å²) in [5, 5.41) is 0.349. The molecule has 5 nitrogen and oxygen atoms in total. The number of hydrogen-bond donors (Lipinski definition) is 0. The minimum Gasteiger partial charge on any atom is -0.497 e. The SMILES string of the molecule is COc1ccc(-c2cc(=O)c3c4c(ccc3o2)OCN(c2cccc(C(F)(F)F)c2)C4)cc1. The van der Waals surface area contributed by atoms with Gasteiger partial charge in [-0.1, -0.05) is 6.07 Å². The molecule has 5 rings (SSSR count). The van der Waals surface area contributed by atoms with Crippen LogP contribution in [0.5, 0.6) is 11.5 Å². The first-order valence-corrected chi connectivity index (χ1v) is 10.1. The Morgan fingerprint density at radius 1 is 1.00 bits per heavy atom. The van der Waals surface area contributed by atoms with Crippen LogP contribution in [0.2, 0.25) is 0 Å². The fourth-order valence-corrected chi connectivity index (χ4v) is 3.92. The lowest BCUT2D eigenvalue weighted by molar-refractivity contribution is -0.137. The van der Waals surface area contributed by atoms with E-state index in [2.05, 4.69) is 0 Å². The van der Waals surface area contributed by atoms with E-state index >= 15 is 0 Å². The number of rotatable bonds is 3. The zero-order chi connectivity index (χ0) is 23.2. The quantitative estimate of drug-likeness (QED) is 0.390. The molecule has 0 N–H and O–H groups in total. The highest BCUT2D eigenvalue weighted by molar-refractivity contribution is 5.85. The molecule has 0 unspecified atom stereocenters. The van der Waals surface area contributed by atoms with E-state index in [1.165, 1.54) is 12.1 Å². The topological polar surface area (TPSA) is 51.9 Å². The number of halogens is 3. The molecule has 0 fully saturated rings. The number of fused-ring (bicyclic) bond motifs is 3. The Morgan fingerprint density at radius 2 is 1.79 bits per heavy atom. The molecule has 0 spiro atoms. The highest BCUT2D eigenvalue weighted by Gasteiger charge is 2.31. The molecular formula is C25H18F3NO4. The van der Waals surface area contributed by atoms with Crippen molar-refractivity contribution in [3.05, 3.63) is 88.1 Å². The number of nitrogens with zero attached hydrogens (tertiary/aromatic N) is 1. The highest BCUT2D eigenvalue weighted by atomic mass is 19.4. The minimum atomic E-state index is -4.45. The molecule has 8 heteroatoms. The van der Waals surface area contributed by atoms with E-state index in [0.29, 0.717) is 39.5 Å². The van der Waals surface area contributed by atoms with Crippen molar-refractivity contribution < 1.29 is 27.1 Å². The van der Waals surface area contributed by atoms with Gasteiger partial charge < -0.3 is 18.8 Å². The van der Waals surface area contributed by atoms with E-state index in [-0.39, 0.29) is 18.7 Å². The fraction of sp³-hybridized carbons (Fsp3) is 0.160. The zero-order valence-corrected chi connectivity index (χ0v) is 17.5. The number of alkyl halides is 3. The monoisotopic (exact) mass is 453 g/mol. The molecule has 1 aliphatic heterocycles. The van der Waals surface area contributed by atoms with Crippen LogP contribution in [0.15, 0.2) is 75.9 Å². The molecular weight excluding hydrogens is 435 g/mol. The Morgan fingerprint density at radius 3 is 2.52 bits per heavy atom. The Bertz CT molecular complexity index is 1390. The van der Waals surface area contributed by atoms with E-state index in [1.807, 2.05) is 0 Å². The van der Waals surface area contributed by atoms with E-state index in [0.717, 1.165) is 17.7 Å². The summed E-state index contributed by atoms with van der Waals surface area (Å²) in [4.78, 5) is 14.7. The maximum absolute atomic E-state index is 13.1. The van der Waals surface area contributed by atoms with Gasteiger partial charge in [-0.3, -0.25) is 4.79 Å². The molecule has 0 saturated heterocycles. The lowest BCUT2D eigenvalue weighted by atomic mass is 10.0. The van der Waals surface area contributed by atoms with E-state index in [9.17, 15) is 18.0 Å². The summed E-state index contributed by atoms with van der Waals surface area (Å²) in [6.07, 6.45) is -4.45. The second-order valence-corrected chi connectivity index (χ2v) is 7.64. The van der Waals surface area contributed by atoms with Crippen molar-refractivity contribution in [2.75, 3.05) is 18.7 Å². The van der Waals surface area contributed by atoms with E-state index in [4.69, 9.17) is 13.9 Å². The average molecular weight is 453 g/mol. The number of ether oxygens (including phenoxy) is 2. The second-order valence-electron chi connectivity index (χ2n) is 7.64. The first-order chi connectivity index (χ1) is 15.8. The molecule has 168 valence electrons. The van der Waals surface area contributed by atoms with Gasteiger partial charge in [-0.15, -0.1) is 0 Å². The normalized spacial score (nSPS) is 13.5. The maximum atomic E-state index is 13.1. The molecule has 0 aliphatic carbocycles. The molecule has 0 atom stereocenters. The first kappa shape index (κ1) is 20.9. The number of anilines is 1. The predicted octanol–water partition coefficient (Wildman–Crippen LogP) is 5.84. The van der Waals surface area contributed by atoms with Crippen LogP contribution >= 0.6 is 0 Å². The van der Waals surface area contributed by atoms with E-state index < -0.39 is 11.7 Å². The van der Waals surface area contributed by atoms with Crippen molar-refractivity contribution in [2.24, 2.45) is 0 Å². The summed E-state index contributed by atoms with van der Waals surface area (Å²) in [6, 6.07) is 16.9. The van der Waals surface area contributed by atoms with Crippen LogP contribution in [0.1, 0.15) is 11.1 Å². The summed E-state index contributed by atoms with van der Waals surface area (Å²) in [6.45, 7) is 0.274. The van der Waals surface area contributed by atoms with Crippen molar-refractivity contribution in [1.29, 1.82) is 0 Å². The molecule has 0 bridgehead atoms. The smallest absolute Gasteiger partial charge is 0.416 e. The summed E-state index contributed by atoms with van der Waals surface area (Å²) in [5.41, 5.74) is 1.02. The van der Waals surface area contributed by atoms with Gasteiger partial charge in [0.05, 0.1) is 24.6 Å². The summed E-state index contributed by atoms with van der Waals surface area (Å²) < 4.78 is 56.4. The average Bonchev–Trinajstić information content (AvgIpc) is 2.83. The van der Waals surface area contributed by atoms with Gasteiger partial charge in [0, 0.05) is 22.9 Å². The van der Waals surface area contributed by atoms with Gasteiger partial charge in [-0.25, -0.2) is 0 Å². The summed E-state index contributed by atoms with van der Waals surface area (Å²) in [7, 11) is 1.57. The van der Waals surface area contributed by atoms with Crippen LogP contribution < -0.4 is 19.8 Å². The van der Waals surface area contributed by atoms with Crippen LogP contribution in [-0.2, 0) is 12.7 Å². The molecule has 4 aromatic rings.